The minimum Gasteiger partial charge on any atom is -0.423 e. The summed E-state index contributed by atoms with van der Waals surface area (Å²) in [4.78, 5) is 13.1. The minimum absolute atomic E-state index is 0.269. The number of nitrogen functional groups attached to an aromatic ring is 1. The van der Waals surface area contributed by atoms with Crippen LogP contribution < -0.4 is 16.4 Å². The number of rotatable bonds is 6. The van der Waals surface area contributed by atoms with Gasteiger partial charge in [0.05, 0.1) is 11.3 Å². The lowest BCUT2D eigenvalue weighted by molar-refractivity contribution is 0.540. The van der Waals surface area contributed by atoms with E-state index in [0.29, 0.717) is 23.0 Å². The van der Waals surface area contributed by atoms with Crippen molar-refractivity contribution in [3.8, 4) is 0 Å². The number of nitrogens with two attached hydrogens (primary N) is 1. The Morgan fingerprint density at radius 3 is 2.60 bits per heavy atom. The van der Waals surface area contributed by atoms with E-state index in [1.54, 1.807) is 0 Å². The number of nitrogens with zero attached hydrogens (tertiary/aromatic N) is 3. The van der Waals surface area contributed by atoms with E-state index >= 15 is 0 Å². The Morgan fingerprint density at radius 1 is 1.11 bits per heavy atom. The van der Waals surface area contributed by atoms with Crippen LogP contribution in [0.2, 0.25) is 0 Å². The van der Waals surface area contributed by atoms with Crippen molar-refractivity contribution in [1.29, 1.82) is 5.41 Å². The van der Waals surface area contributed by atoms with Crippen molar-refractivity contribution in [1.82, 2.24) is 15.0 Å². The van der Waals surface area contributed by atoms with Gasteiger partial charge < -0.3 is 20.8 Å². The molecule has 2 aromatic heterocycles. The lowest BCUT2D eigenvalue weighted by Crippen LogP contribution is -2.25. The zero-order valence-corrected chi connectivity index (χ0v) is 20.0. The lowest BCUT2D eigenvalue weighted by atomic mass is 9.91. The van der Waals surface area contributed by atoms with Gasteiger partial charge in [-0.3, -0.25) is 5.41 Å². The molecule has 0 aliphatic heterocycles. The van der Waals surface area contributed by atoms with Gasteiger partial charge in [0.2, 0.25) is 0 Å². The Morgan fingerprint density at radius 2 is 1.86 bits per heavy atom. The molecule has 4 aromatic rings. The Kier molecular flexibility index (Phi) is 5.94. The summed E-state index contributed by atoms with van der Waals surface area (Å²) in [6.45, 7) is 8.14. The molecule has 0 amide bonds. The van der Waals surface area contributed by atoms with E-state index in [4.69, 9.17) is 15.6 Å². The van der Waals surface area contributed by atoms with Crippen LogP contribution in [-0.4, -0.2) is 26.7 Å². The molecular formula is C27H29N7O. The van der Waals surface area contributed by atoms with E-state index in [1.807, 2.05) is 44.2 Å². The quantitative estimate of drug-likeness (QED) is 0.206. The molecule has 8 heteroatoms. The van der Waals surface area contributed by atoms with Gasteiger partial charge in [-0.05, 0) is 68.9 Å². The monoisotopic (exact) mass is 467 g/mol. The average molecular weight is 468 g/mol. The van der Waals surface area contributed by atoms with E-state index in [9.17, 15) is 0 Å². The third-order valence-corrected chi connectivity index (χ3v) is 6.41. The maximum atomic E-state index is 8.84. The molecule has 5 N–H and O–H groups in total. The van der Waals surface area contributed by atoms with E-state index in [2.05, 4.69) is 38.2 Å². The number of oxazole rings is 1. The van der Waals surface area contributed by atoms with Crippen molar-refractivity contribution in [3.63, 3.8) is 0 Å². The van der Waals surface area contributed by atoms with Gasteiger partial charge in [0.1, 0.15) is 23.5 Å². The van der Waals surface area contributed by atoms with Crippen LogP contribution in [0.15, 0.2) is 59.3 Å². The van der Waals surface area contributed by atoms with Crippen LogP contribution in [0.3, 0.4) is 0 Å². The van der Waals surface area contributed by atoms with Gasteiger partial charge in [-0.2, -0.15) is 4.98 Å². The summed E-state index contributed by atoms with van der Waals surface area (Å²) in [5.41, 5.74) is 13.6. The molecule has 0 atom stereocenters. The van der Waals surface area contributed by atoms with Crippen LogP contribution in [0.25, 0.3) is 11.1 Å². The zero-order valence-electron chi connectivity index (χ0n) is 20.0. The fraction of sp³-hybridized carbons (Fsp3) is 0.259. The molecule has 2 heterocycles. The van der Waals surface area contributed by atoms with Crippen LogP contribution in [0.5, 0.6) is 0 Å². The van der Waals surface area contributed by atoms with E-state index in [0.717, 1.165) is 53.6 Å². The van der Waals surface area contributed by atoms with E-state index in [1.165, 1.54) is 11.9 Å². The fourth-order valence-electron chi connectivity index (χ4n) is 4.54. The van der Waals surface area contributed by atoms with Gasteiger partial charge in [-0.25, -0.2) is 9.97 Å². The summed E-state index contributed by atoms with van der Waals surface area (Å²) in [6, 6.07) is 12.3. The second-order valence-electron chi connectivity index (χ2n) is 9.18. The van der Waals surface area contributed by atoms with Gasteiger partial charge in [-0.15, -0.1) is 0 Å². The molecule has 2 aromatic carbocycles. The summed E-state index contributed by atoms with van der Waals surface area (Å²) in [5.74, 6) is 0.881. The first-order valence-electron chi connectivity index (χ1n) is 11.7. The minimum atomic E-state index is 0.269. The number of aromatic nitrogens is 3. The summed E-state index contributed by atoms with van der Waals surface area (Å²) in [5, 5.41) is 15.5. The summed E-state index contributed by atoms with van der Waals surface area (Å²) < 4.78 is 5.90. The molecule has 1 aliphatic carbocycles. The van der Waals surface area contributed by atoms with Crippen LogP contribution in [0.1, 0.15) is 47.9 Å². The van der Waals surface area contributed by atoms with E-state index in [-0.39, 0.29) is 17.6 Å². The predicted octanol–water partition coefficient (Wildman–Crippen LogP) is 5.89. The molecule has 0 unspecified atom stereocenters. The number of fused-ring (bicyclic) bond motifs is 1. The third kappa shape index (κ3) is 4.73. The van der Waals surface area contributed by atoms with Crippen LogP contribution in [0, 0.1) is 19.3 Å². The number of hydrogen-bond acceptors (Lipinski definition) is 8. The second-order valence-corrected chi connectivity index (χ2v) is 9.18. The molecule has 1 saturated carbocycles. The number of nitrogens with one attached hydrogen (secondary N) is 3. The smallest absolute Gasteiger partial charge is 0.300 e. The highest BCUT2D eigenvalue weighted by Gasteiger charge is 2.21. The van der Waals surface area contributed by atoms with Crippen molar-refractivity contribution in [2.24, 2.45) is 0 Å². The van der Waals surface area contributed by atoms with Crippen molar-refractivity contribution >= 4 is 40.1 Å². The van der Waals surface area contributed by atoms with Crippen LogP contribution >= 0.6 is 0 Å². The maximum absolute atomic E-state index is 8.84. The number of benzene rings is 2. The maximum Gasteiger partial charge on any atom is 0.300 e. The molecular weight excluding hydrogens is 438 g/mol. The van der Waals surface area contributed by atoms with Gasteiger partial charge in [0.15, 0.2) is 5.58 Å². The van der Waals surface area contributed by atoms with Crippen molar-refractivity contribution in [3.05, 3.63) is 77.1 Å². The summed E-state index contributed by atoms with van der Waals surface area (Å²) >= 11 is 0. The molecule has 35 heavy (non-hydrogen) atoms. The van der Waals surface area contributed by atoms with Gasteiger partial charge in [0, 0.05) is 17.3 Å². The van der Waals surface area contributed by atoms with Crippen LogP contribution in [-0.2, 0) is 0 Å². The fourth-order valence-corrected chi connectivity index (χ4v) is 4.54. The van der Waals surface area contributed by atoms with Crippen molar-refractivity contribution in [2.75, 3.05) is 16.4 Å². The molecule has 8 nitrogen and oxygen atoms in total. The Hall–Kier alpha value is -4.20. The van der Waals surface area contributed by atoms with Gasteiger partial charge in [-0.1, -0.05) is 30.4 Å². The molecule has 0 bridgehead atoms. The number of hydrogen-bond donors (Lipinski definition) is 4. The highest BCUT2D eigenvalue weighted by atomic mass is 16.4. The first-order valence-corrected chi connectivity index (χ1v) is 11.7. The van der Waals surface area contributed by atoms with Crippen LogP contribution in [0.4, 0.5) is 23.3 Å². The first kappa shape index (κ1) is 22.6. The topological polar surface area (TPSA) is 126 Å². The SMILES string of the molecule is C=C1CCC(Nc2ncnc(N)c2C(=N)c2ccc(Nc3nc4cc(C)cc(C)c4o3)cc2)CC1. The molecule has 0 saturated heterocycles. The van der Waals surface area contributed by atoms with E-state index < -0.39 is 0 Å². The van der Waals surface area contributed by atoms with Crippen molar-refractivity contribution < 1.29 is 4.42 Å². The Bertz CT molecular complexity index is 1410. The first-order chi connectivity index (χ1) is 16.9. The average Bonchev–Trinajstić information content (AvgIpc) is 3.23. The number of anilines is 4. The van der Waals surface area contributed by atoms with Crippen molar-refractivity contribution in [2.45, 2.75) is 45.6 Å². The highest BCUT2D eigenvalue weighted by Crippen LogP contribution is 2.29. The summed E-state index contributed by atoms with van der Waals surface area (Å²) in [7, 11) is 0. The highest BCUT2D eigenvalue weighted by molar-refractivity contribution is 6.16. The molecule has 178 valence electrons. The lowest BCUT2D eigenvalue weighted by Gasteiger charge is -2.26. The largest absolute Gasteiger partial charge is 0.423 e. The molecule has 1 aliphatic rings. The number of allylic oxidation sites excluding steroid dienone is 1. The number of aryl methyl sites for hydroxylation is 2. The zero-order chi connectivity index (χ0) is 24.5. The molecule has 0 spiro atoms. The second kappa shape index (κ2) is 9.21. The molecule has 0 radical (unpaired) electrons. The predicted molar refractivity (Wildman–Crippen MR) is 141 cm³/mol. The molecule has 5 rings (SSSR count). The normalized spacial score (nSPS) is 14.3. The summed E-state index contributed by atoms with van der Waals surface area (Å²) in [6.07, 6.45) is 5.42. The Balaban J connectivity index is 1.35. The van der Waals surface area contributed by atoms with Gasteiger partial charge >= 0.3 is 0 Å². The Labute approximate surface area is 204 Å². The molecule has 1 fully saturated rings. The standard InChI is InChI=1S/C27H29N7O/c1-15-4-8-19(9-5-15)32-26-22(25(29)30-14-31-26)23(28)18-6-10-20(11-7-18)33-27-34-21-13-16(2)12-17(3)24(21)35-27/h6-7,10-14,19,28H,1,4-5,8-9H2,2-3H3,(H,33,34)(H3,29,30,31,32). The third-order valence-electron chi connectivity index (χ3n) is 6.41. The van der Waals surface area contributed by atoms with Gasteiger partial charge in [0.25, 0.3) is 6.01 Å².